The van der Waals surface area contributed by atoms with Crippen molar-refractivity contribution in [1.29, 1.82) is 5.26 Å². The van der Waals surface area contributed by atoms with Gasteiger partial charge in [-0.05, 0) is 38.7 Å². The number of hydrogen-bond acceptors (Lipinski definition) is 5. The van der Waals surface area contributed by atoms with Gasteiger partial charge in [-0.2, -0.15) is 5.26 Å². The van der Waals surface area contributed by atoms with Gasteiger partial charge < -0.3 is 10.2 Å². The van der Waals surface area contributed by atoms with Gasteiger partial charge in [0.25, 0.3) is 0 Å². The number of anilines is 1. The summed E-state index contributed by atoms with van der Waals surface area (Å²) < 4.78 is 0. The number of piperidine rings is 1. The predicted octanol–water partition coefficient (Wildman–Crippen LogP) is 1.38. The van der Waals surface area contributed by atoms with Crippen LogP contribution in [-0.4, -0.2) is 35.1 Å². The van der Waals surface area contributed by atoms with Gasteiger partial charge in [-0.25, -0.2) is 9.97 Å². The van der Waals surface area contributed by atoms with E-state index in [1.54, 1.807) is 6.07 Å². The number of aromatic nitrogens is 2. The van der Waals surface area contributed by atoms with Crippen LogP contribution in [0.1, 0.15) is 37.1 Å². The van der Waals surface area contributed by atoms with Crippen molar-refractivity contribution in [1.82, 2.24) is 15.3 Å². The van der Waals surface area contributed by atoms with Gasteiger partial charge in [0.15, 0.2) is 0 Å². The summed E-state index contributed by atoms with van der Waals surface area (Å²) in [7, 11) is 2.05. The highest BCUT2D eigenvalue weighted by molar-refractivity contribution is 5.36. The molecule has 3 rings (SSSR count). The van der Waals surface area contributed by atoms with E-state index < -0.39 is 0 Å². The molecule has 0 aliphatic carbocycles. The molecule has 2 unspecified atom stereocenters. The van der Waals surface area contributed by atoms with Crippen LogP contribution in [0.25, 0.3) is 0 Å². The Labute approximate surface area is 113 Å². The van der Waals surface area contributed by atoms with Crippen molar-refractivity contribution in [3.8, 4) is 6.07 Å². The van der Waals surface area contributed by atoms with Gasteiger partial charge in [0.2, 0.25) is 5.95 Å². The maximum atomic E-state index is 9.00. The van der Waals surface area contributed by atoms with Crippen LogP contribution in [0.3, 0.4) is 0 Å². The smallest absolute Gasteiger partial charge is 0.226 e. The molecule has 19 heavy (non-hydrogen) atoms. The Morgan fingerprint density at radius 2 is 2.00 bits per heavy atom. The number of rotatable bonds is 2. The minimum atomic E-state index is 0.450. The summed E-state index contributed by atoms with van der Waals surface area (Å²) >= 11 is 0. The van der Waals surface area contributed by atoms with E-state index in [9.17, 15) is 0 Å². The monoisotopic (exact) mass is 257 g/mol. The van der Waals surface area contributed by atoms with Gasteiger partial charge in [-0.3, -0.25) is 0 Å². The fourth-order valence-electron chi connectivity index (χ4n) is 3.27. The second-order valence-electron chi connectivity index (χ2n) is 5.68. The molecule has 0 radical (unpaired) electrons. The van der Waals surface area contributed by atoms with Crippen LogP contribution in [0.15, 0.2) is 6.07 Å². The molecule has 2 fully saturated rings. The zero-order chi connectivity index (χ0) is 13.4. The van der Waals surface area contributed by atoms with Gasteiger partial charge in [0.1, 0.15) is 11.8 Å². The molecule has 0 amide bonds. The molecule has 3 heterocycles. The van der Waals surface area contributed by atoms with Gasteiger partial charge in [0, 0.05) is 30.9 Å². The lowest BCUT2D eigenvalue weighted by molar-refractivity contribution is 0.352. The Balaban J connectivity index is 1.82. The van der Waals surface area contributed by atoms with Gasteiger partial charge >= 0.3 is 0 Å². The van der Waals surface area contributed by atoms with E-state index >= 15 is 0 Å². The third-order valence-corrected chi connectivity index (χ3v) is 4.27. The van der Waals surface area contributed by atoms with Gasteiger partial charge in [-0.1, -0.05) is 0 Å². The molecule has 5 heteroatoms. The highest BCUT2D eigenvalue weighted by Gasteiger charge is 2.35. The SMILES string of the molecule is Cc1cc(C#N)nc(N(C)C2CC3CCC(C2)N3)n1. The molecule has 1 aromatic heterocycles. The van der Waals surface area contributed by atoms with Crippen LogP contribution >= 0.6 is 0 Å². The number of nitrogens with zero attached hydrogens (tertiary/aromatic N) is 4. The van der Waals surface area contributed by atoms with Crippen LogP contribution in [0.2, 0.25) is 0 Å². The van der Waals surface area contributed by atoms with E-state index in [1.165, 1.54) is 12.8 Å². The van der Waals surface area contributed by atoms with E-state index in [4.69, 9.17) is 5.26 Å². The van der Waals surface area contributed by atoms with Crippen molar-refractivity contribution in [3.63, 3.8) is 0 Å². The molecule has 1 aromatic rings. The number of nitrogens with one attached hydrogen (secondary N) is 1. The van der Waals surface area contributed by atoms with Crippen molar-refractivity contribution in [3.05, 3.63) is 17.5 Å². The lowest BCUT2D eigenvalue weighted by Gasteiger charge is -2.35. The molecule has 2 atom stereocenters. The molecule has 0 spiro atoms. The summed E-state index contributed by atoms with van der Waals surface area (Å²) in [6, 6.07) is 5.60. The molecule has 0 saturated carbocycles. The van der Waals surface area contributed by atoms with Gasteiger partial charge in [-0.15, -0.1) is 0 Å². The van der Waals surface area contributed by atoms with Crippen molar-refractivity contribution in [2.24, 2.45) is 0 Å². The molecule has 2 aliphatic heterocycles. The molecule has 100 valence electrons. The maximum absolute atomic E-state index is 9.00. The molecule has 5 nitrogen and oxygen atoms in total. The topological polar surface area (TPSA) is 64.8 Å². The zero-order valence-corrected chi connectivity index (χ0v) is 11.4. The minimum absolute atomic E-state index is 0.450. The maximum Gasteiger partial charge on any atom is 0.226 e. The predicted molar refractivity (Wildman–Crippen MR) is 72.9 cm³/mol. The number of fused-ring (bicyclic) bond motifs is 2. The average molecular weight is 257 g/mol. The Morgan fingerprint density at radius 3 is 2.63 bits per heavy atom. The van der Waals surface area contributed by atoms with Crippen LogP contribution < -0.4 is 10.2 Å². The fraction of sp³-hybridized carbons (Fsp3) is 0.643. The normalized spacial score (nSPS) is 29.0. The highest BCUT2D eigenvalue weighted by atomic mass is 15.3. The van der Waals surface area contributed by atoms with Crippen molar-refractivity contribution < 1.29 is 0 Å². The molecule has 1 N–H and O–H groups in total. The first-order valence-corrected chi connectivity index (χ1v) is 6.90. The number of hydrogen-bond donors (Lipinski definition) is 1. The van der Waals surface area contributed by atoms with E-state index in [0.29, 0.717) is 29.8 Å². The zero-order valence-electron chi connectivity index (χ0n) is 11.4. The average Bonchev–Trinajstić information content (AvgIpc) is 2.75. The van der Waals surface area contributed by atoms with E-state index in [-0.39, 0.29) is 0 Å². The standard InChI is InChI=1S/C14H19N5/c1-9-5-12(8-15)18-14(16-9)19(2)13-6-10-3-4-11(7-13)17-10/h5,10-11,13,17H,3-4,6-7H2,1-2H3. The third kappa shape index (κ3) is 2.41. The van der Waals surface area contributed by atoms with Crippen LogP contribution in [0.4, 0.5) is 5.95 Å². The first-order valence-electron chi connectivity index (χ1n) is 6.90. The Bertz CT molecular complexity index is 509. The Morgan fingerprint density at radius 1 is 1.32 bits per heavy atom. The third-order valence-electron chi connectivity index (χ3n) is 4.27. The molecule has 0 aromatic carbocycles. The summed E-state index contributed by atoms with van der Waals surface area (Å²) in [6.45, 7) is 1.91. The summed E-state index contributed by atoms with van der Waals surface area (Å²) in [5, 5.41) is 12.6. The number of aryl methyl sites for hydroxylation is 1. The quantitative estimate of drug-likeness (QED) is 0.867. The van der Waals surface area contributed by atoms with E-state index in [0.717, 1.165) is 18.5 Å². The summed E-state index contributed by atoms with van der Waals surface area (Å²) in [6.07, 6.45) is 4.86. The molecule has 2 bridgehead atoms. The number of nitriles is 1. The van der Waals surface area contributed by atoms with Crippen molar-refractivity contribution >= 4 is 5.95 Å². The lowest BCUT2D eigenvalue weighted by atomic mass is 9.99. The van der Waals surface area contributed by atoms with E-state index in [1.807, 2.05) is 14.0 Å². The largest absolute Gasteiger partial charge is 0.341 e. The second kappa shape index (κ2) is 4.78. The molecular formula is C14H19N5. The van der Waals surface area contributed by atoms with Crippen LogP contribution in [-0.2, 0) is 0 Å². The minimum Gasteiger partial charge on any atom is -0.341 e. The Kier molecular flexibility index (Phi) is 3.11. The highest BCUT2D eigenvalue weighted by Crippen LogP contribution is 2.30. The lowest BCUT2D eigenvalue weighted by Crippen LogP contribution is -2.47. The summed E-state index contributed by atoms with van der Waals surface area (Å²) in [5.41, 5.74) is 1.30. The molecular weight excluding hydrogens is 238 g/mol. The Hall–Kier alpha value is -1.67. The van der Waals surface area contributed by atoms with Crippen molar-refractivity contribution in [2.45, 2.75) is 50.7 Å². The van der Waals surface area contributed by atoms with Crippen LogP contribution in [0.5, 0.6) is 0 Å². The van der Waals surface area contributed by atoms with E-state index in [2.05, 4.69) is 26.3 Å². The fourth-order valence-corrected chi connectivity index (χ4v) is 3.27. The second-order valence-corrected chi connectivity index (χ2v) is 5.68. The van der Waals surface area contributed by atoms with Gasteiger partial charge in [0.05, 0.1) is 0 Å². The van der Waals surface area contributed by atoms with Crippen molar-refractivity contribution in [2.75, 3.05) is 11.9 Å². The molecule has 2 aliphatic rings. The van der Waals surface area contributed by atoms with Crippen LogP contribution in [0, 0.1) is 18.3 Å². The molecule has 2 saturated heterocycles. The summed E-state index contributed by atoms with van der Waals surface area (Å²) in [5.74, 6) is 0.683. The first kappa shape index (κ1) is 12.4. The first-order chi connectivity index (χ1) is 9.15. The summed E-state index contributed by atoms with van der Waals surface area (Å²) in [4.78, 5) is 11.0.